The summed E-state index contributed by atoms with van der Waals surface area (Å²) in [7, 11) is 1.69. The highest BCUT2D eigenvalue weighted by Crippen LogP contribution is 2.05. The third-order valence-electron chi connectivity index (χ3n) is 1.35. The van der Waals surface area contributed by atoms with Gasteiger partial charge < -0.3 is 10.5 Å². The number of hydrogen-bond acceptors (Lipinski definition) is 3. The molecular weight excluding hydrogens is 158 g/mol. The van der Waals surface area contributed by atoms with Crippen molar-refractivity contribution in [2.45, 2.75) is 25.8 Å². The van der Waals surface area contributed by atoms with Crippen molar-refractivity contribution < 1.29 is 4.74 Å². The van der Waals surface area contributed by atoms with Gasteiger partial charge in [-0.25, -0.2) is 0 Å². The van der Waals surface area contributed by atoms with Crippen LogP contribution in [0.2, 0.25) is 0 Å². The molecule has 0 aliphatic heterocycles. The first-order valence-electron chi connectivity index (χ1n) is 4.13. The molecule has 1 unspecified atom stereocenters. The van der Waals surface area contributed by atoms with E-state index >= 15 is 0 Å². The maximum Gasteiger partial charge on any atom is 0.0621 e. The van der Waals surface area contributed by atoms with Crippen LogP contribution in [0.5, 0.6) is 0 Å². The van der Waals surface area contributed by atoms with Gasteiger partial charge in [0.05, 0.1) is 6.61 Å². The molecule has 0 fully saturated rings. The van der Waals surface area contributed by atoms with Gasteiger partial charge in [0.2, 0.25) is 0 Å². The molecule has 0 bridgehead atoms. The van der Waals surface area contributed by atoms with Gasteiger partial charge in [-0.05, 0) is 12.2 Å². The number of ether oxygens (including phenoxy) is 1. The Kier molecular flexibility index (Phi) is 8.57. The van der Waals surface area contributed by atoms with E-state index in [4.69, 9.17) is 10.5 Å². The van der Waals surface area contributed by atoms with E-state index in [1.54, 1.807) is 7.11 Å². The summed E-state index contributed by atoms with van der Waals surface area (Å²) in [6.45, 7) is 2.88. The predicted molar refractivity (Wildman–Crippen MR) is 52.1 cm³/mol. The molecule has 0 spiro atoms. The molecule has 0 aliphatic rings. The van der Waals surface area contributed by atoms with E-state index in [-0.39, 0.29) is 6.04 Å². The molecule has 0 saturated heterocycles. The predicted octanol–water partition coefficient (Wildman–Crippen LogP) is 1.49. The van der Waals surface area contributed by atoms with Crippen LogP contribution in [0.4, 0.5) is 0 Å². The second kappa shape index (κ2) is 8.37. The van der Waals surface area contributed by atoms with Crippen molar-refractivity contribution >= 4 is 11.8 Å². The summed E-state index contributed by atoms with van der Waals surface area (Å²) in [6, 6.07) is 0.210. The Balaban J connectivity index is 2.97. The van der Waals surface area contributed by atoms with Crippen molar-refractivity contribution in [2.24, 2.45) is 5.73 Å². The summed E-state index contributed by atoms with van der Waals surface area (Å²) in [4.78, 5) is 0. The van der Waals surface area contributed by atoms with Crippen LogP contribution in [0.3, 0.4) is 0 Å². The topological polar surface area (TPSA) is 35.2 Å². The molecule has 0 radical (unpaired) electrons. The molecule has 2 nitrogen and oxygen atoms in total. The molecule has 0 amide bonds. The van der Waals surface area contributed by atoms with Gasteiger partial charge in [-0.1, -0.05) is 13.3 Å². The highest BCUT2D eigenvalue weighted by Gasteiger charge is 2.00. The van der Waals surface area contributed by atoms with Crippen LogP contribution in [0.15, 0.2) is 0 Å². The molecule has 0 aliphatic carbocycles. The van der Waals surface area contributed by atoms with Crippen molar-refractivity contribution in [1.29, 1.82) is 0 Å². The van der Waals surface area contributed by atoms with E-state index in [9.17, 15) is 0 Å². The molecule has 3 heteroatoms. The number of thioether (sulfide) groups is 1. The molecule has 0 saturated carbocycles. The van der Waals surface area contributed by atoms with E-state index < -0.39 is 0 Å². The van der Waals surface area contributed by atoms with Crippen molar-refractivity contribution in [2.75, 3.05) is 25.2 Å². The molecule has 0 aromatic carbocycles. The zero-order chi connectivity index (χ0) is 8.53. The standard InChI is InChI=1S/C8H19NOS/c1-3-4-5-11-7-8(9)6-10-2/h8H,3-7,9H2,1-2H3. The van der Waals surface area contributed by atoms with Crippen molar-refractivity contribution in [1.82, 2.24) is 0 Å². The molecule has 0 aromatic rings. The third-order valence-corrected chi connectivity index (χ3v) is 2.60. The van der Waals surface area contributed by atoms with Crippen molar-refractivity contribution in [3.63, 3.8) is 0 Å². The largest absolute Gasteiger partial charge is 0.383 e. The lowest BCUT2D eigenvalue weighted by atomic mass is 10.4. The molecule has 68 valence electrons. The van der Waals surface area contributed by atoms with Crippen LogP contribution >= 0.6 is 11.8 Å². The average Bonchev–Trinajstić information content (AvgIpc) is 1.99. The summed E-state index contributed by atoms with van der Waals surface area (Å²) in [6.07, 6.45) is 2.57. The monoisotopic (exact) mass is 177 g/mol. The van der Waals surface area contributed by atoms with Crippen LogP contribution in [0.1, 0.15) is 19.8 Å². The highest BCUT2D eigenvalue weighted by atomic mass is 32.2. The van der Waals surface area contributed by atoms with Gasteiger partial charge in [0.1, 0.15) is 0 Å². The molecule has 2 N–H and O–H groups in total. The van der Waals surface area contributed by atoms with Crippen LogP contribution < -0.4 is 5.73 Å². The minimum Gasteiger partial charge on any atom is -0.383 e. The second-order valence-corrected chi connectivity index (χ2v) is 3.79. The third kappa shape index (κ3) is 8.17. The number of rotatable bonds is 7. The Morgan fingerprint density at radius 2 is 2.27 bits per heavy atom. The van der Waals surface area contributed by atoms with Gasteiger partial charge in [0.15, 0.2) is 0 Å². The summed E-state index contributed by atoms with van der Waals surface area (Å²) in [5.74, 6) is 2.25. The van der Waals surface area contributed by atoms with Gasteiger partial charge in [0, 0.05) is 18.9 Å². The maximum absolute atomic E-state index is 5.72. The molecular formula is C8H19NOS. The first-order chi connectivity index (χ1) is 5.31. The minimum atomic E-state index is 0.210. The van der Waals surface area contributed by atoms with Crippen LogP contribution in [0, 0.1) is 0 Å². The fourth-order valence-corrected chi connectivity index (χ4v) is 1.80. The molecule has 0 heterocycles. The Morgan fingerprint density at radius 3 is 2.82 bits per heavy atom. The van der Waals surface area contributed by atoms with E-state index in [0.717, 1.165) is 5.75 Å². The SMILES string of the molecule is CCCCSCC(N)COC. The van der Waals surface area contributed by atoms with Gasteiger partial charge in [-0.2, -0.15) is 11.8 Å². The van der Waals surface area contributed by atoms with E-state index in [0.29, 0.717) is 6.61 Å². The first kappa shape index (κ1) is 11.3. The smallest absolute Gasteiger partial charge is 0.0621 e. The Morgan fingerprint density at radius 1 is 1.55 bits per heavy atom. The van der Waals surface area contributed by atoms with Crippen LogP contribution in [-0.4, -0.2) is 31.3 Å². The van der Waals surface area contributed by atoms with Gasteiger partial charge in [-0.15, -0.1) is 0 Å². The summed E-state index contributed by atoms with van der Waals surface area (Å²) in [5, 5.41) is 0. The zero-order valence-corrected chi connectivity index (χ0v) is 8.32. The maximum atomic E-state index is 5.72. The number of methoxy groups -OCH3 is 1. The lowest BCUT2D eigenvalue weighted by Crippen LogP contribution is -2.28. The first-order valence-corrected chi connectivity index (χ1v) is 5.29. The van der Waals surface area contributed by atoms with Crippen LogP contribution in [-0.2, 0) is 4.74 Å². The summed E-state index contributed by atoms with van der Waals surface area (Å²) < 4.78 is 4.92. The van der Waals surface area contributed by atoms with Crippen molar-refractivity contribution in [3.8, 4) is 0 Å². The Labute approximate surface area is 73.9 Å². The number of hydrogen-bond donors (Lipinski definition) is 1. The highest BCUT2D eigenvalue weighted by molar-refractivity contribution is 7.99. The molecule has 0 rings (SSSR count). The molecule has 0 aromatic heterocycles. The van der Waals surface area contributed by atoms with Gasteiger partial charge >= 0.3 is 0 Å². The number of nitrogens with two attached hydrogens (primary N) is 1. The van der Waals surface area contributed by atoms with Gasteiger partial charge in [-0.3, -0.25) is 0 Å². The van der Waals surface area contributed by atoms with E-state index in [2.05, 4.69) is 6.92 Å². The van der Waals surface area contributed by atoms with E-state index in [1.807, 2.05) is 11.8 Å². The second-order valence-electron chi connectivity index (χ2n) is 2.64. The number of unbranched alkanes of at least 4 members (excludes halogenated alkanes) is 1. The lowest BCUT2D eigenvalue weighted by Gasteiger charge is -2.08. The lowest BCUT2D eigenvalue weighted by molar-refractivity contribution is 0.186. The summed E-state index contributed by atoms with van der Waals surface area (Å²) in [5.41, 5.74) is 5.72. The fraction of sp³-hybridized carbons (Fsp3) is 1.00. The minimum absolute atomic E-state index is 0.210. The molecule has 11 heavy (non-hydrogen) atoms. The Bertz CT molecular complexity index is 80.5. The average molecular weight is 177 g/mol. The van der Waals surface area contributed by atoms with Gasteiger partial charge in [0.25, 0.3) is 0 Å². The normalized spacial score (nSPS) is 13.4. The zero-order valence-electron chi connectivity index (χ0n) is 7.51. The fourth-order valence-electron chi connectivity index (χ4n) is 0.743. The van der Waals surface area contributed by atoms with Crippen molar-refractivity contribution in [3.05, 3.63) is 0 Å². The quantitative estimate of drug-likeness (QED) is 0.598. The Hall–Kier alpha value is 0.270. The van der Waals surface area contributed by atoms with Crippen LogP contribution in [0.25, 0.3) is 0 Å². The summed E-state index contributed by atoms with van der Waals surface area (Å²) >= 11 is 1.92. The van der Waals surface area contributed by atoms with E-state index in [1.165, 1.54) is 18.6 Å². The molecule has 1 atom stereocenters.